The van der Waals surface area contributed by atoms with E-state index < -0.39 is 10.1 Å². The minimum absolute atomic E-state index is 0.00865. The van der Waals surface area contributed by atoms with Crippen molar-refractivity contribution in [2.24, 2.45) is 0 Å². The Morgan fingerprint density at radius 2 is 1.59 bits per heavy atom. The minimum atomic E-state index is -4.55. The SMILES string of the molecule is Cc1ccc(-c2ccc(-c3nc4c(cc(S(=O)(=O)O)c5cccc(O)c54)[nH]3)c(O)c2)cc1. The molecular formula is C24H18N2O5S. The van der Waals surface area contributed by atoms with Gasteiger partial charge in [0.05, 0.1) is 16.5 Å². The van der Waals surface area contributed by atoms with Crippen LogP contribution in [0.5, 0.6) is 11.5 Å². The number of rotatable bonds is 3. The van der Waals surface area contributed by atoms with Crippen LogP contribution in [-0.4, -0.2) is 33.2 Å². The van der Waals surface area contributed by atoms with Crippen molar-refractivity contribution in [2.45, 2.75) is 11.8 Å². The molecule has 1 aromatic heterocycles. The highest BCUT2D eigenvalue weighted by atomic mass is 32.2. The number of imidazole rings is 1. The number of benzene rings is 4. The zero-order chi connectivity index (χ0) is 22.6. The minimum Gasteiger partial charge on any atom is -0.507 e. The summed E-state index contributed by atoms with van der Waals surface area (Å²) in [5, 5.41) is 21.4. The van der Waals surface area contributed by atoms with Crippen molar-refractivity contribution in [3.63, 3.8) is 0 Å². The Kier molecular flexibility index (Phi) is 4.44. The molecule has 1 heterocycles. The number of aromatic hydroxyl groups is 2. The van der Waals surface area contributed by atoms with E-state index in [-0.39, 0.29) is 27.2 Å². The van der Waals surface area contributed by atoms with Gasteiger partial charge in [-0.15, -0.1) is 0 Å². The zero-order valence-corrected chi connectivity index (χ0v) is 17.7. The van der Waals surface area contributed by atoms with Gasteiger partial charge in [-0.1, -0.05) is 48.0 Å². The van der Waals surface area contributed by atoms with Gasteiger partial charge in [0, 0.05) is 5.39 Å². The van der Waals surface area contributed by atoms with Gasteiger partial charge in [-0.25, -0.2) is 4.98 Å². The molecule has 0 atom stereocenters. The summed E-state index contributed by atoms with van der Waals surface area (Å²) >= 11 is 0. The van der Waals surface area contributed by atoms with E-state index in [0.717, 1.165) is 16.7 Å². The van der Waals surface area contributed by atoms with Gasteiger partial charge in [0.15, 0.2) is 0 Å². The lowest BCUT2D eigenvalue weighted by atomic mass is 10.0. The summed E-state index contributed by atoms with van der Waals surface area (Å²) in [6, 6.07) is 18.8. The van der Waals surface area contributed by atoms with Crippen molar-refractivity contribution in [1.82, 2.24) is 9.97 Å². The van der Waals surface area contributed by atoms with Crippen LogP contribution in [0.25, 0.3) is 44.3 Å². The van der Waals surface area contributed by atoms with Gasteiger partial charge in [0.1, 0.15) is 27.7 Å². The highest BCUT2D eigenvalue weighted by molar-refractivity contribution is 7.86. The smallest absolute Gasteiger partial charge is 0.295 e. The van der Waals surface area contributed by atoms with Crippen LogP contribution in [0.15, 0.2) is 71.6 Å². The first-order chi connectivity index (χ1) is 15.2. The molecule has 8 heteroatoms. The van der Waals surface area contributed by atoms with E-state index in [1.807, 2.05) is 37.3 Å². The van der Waals surface area contributed by atoms with Crippen LogP contribution in [0.3, 0.4) is 0 Å². The number of aromatic amines is 1. The fraction of sp³-hybridized carbons (Fsp3) is 0.0417. The van der Waals surface area contributed by atoms with Crippen molar-refractivity contribution < 1.29 is 23.2 Å². The van der Waals surface area contributed by atoms with Crippen LogP contribution in [0.1, 0.15) is 5.56 Å². The van der Waals surface area contributed by atoms with Gasteiger partial charge < -0.3 is 15.2 Å². The molecule has 0 spiro atoms. The molecule has 0 unspecified atom stereocenters. The van der Waals surface area contributed by atoms with Crippen molar-refractivity contribution in [2.75, 3.05) is 0 Å². The lowest BCUT2D eigenvalue weighted by Crippen LogP contribution is -1.99. The van der Waals surface area contributed by atoms with Gasteiger partial charge in [-0.3, -0.25) is 4.55 Å². The van der Waals surface area contributed by atoms with Crippen LogP contribution in [0.2, 0.25) is 0 Å². The van der Waals surface area contributed by atoms with E-state index >= 15 is 0 Å². The first kappa shape index (κ1) is 20.0. The Balaban J connectivity index is 1.71. The number of phenolic OH excluding ortho intramolecular Hbond substituents is 2. The molecule has 4 aromatic carbocycles. The number of hydrogen-bond acceptors (Lipinski definition) is 5. The normalized spacial score (nSPS) is 11.9. The molecular weight excluding hydrogens is 428 g/mol. The maximum absolute atomic E-state index is 11.9. The Bertz CT molecular complexity index is 1620. The first-order valence-corrected chi connectivity index (χ1v) is 11.2. The molecule has 0 fully saturated rings. The zero-order valence-electron chi connectivity index (χ0n) is 16.9. The molecule has 4 N–H and O–H groups in total. The predicted octanol–water partition coefficient (Wildman–Crippen LogP) is 5.02. The van der Waals surface area contributed by atoms with Crippen LogP contribution in [0, 0.1) is 6.92 Å². The van der Waals surface area contributed by atoms with Crippen LogP contribution < -0.4 is 0 Å². The number of fused-ring (bicyclic) bond motifs is 3. The number of aryl methyl sites for hydroxylation is 1. The first-order valence-electron chi connectivity index (χ1n) is 9.75. The van der Waals surface area contributed by atoms with Crippen LogP contribution in [-0.2, 0) is 10.1 Å². The van der Waals surface area contributed by atoms with Crippen molar-refractivity contribution >= 4 is 31.9 Å². The second-order valence-electron chi connectivity index (χ2n) is 7.63. The number of nitrogens with one attached hydrogen (secondary N) is 1. The van der Waals surface area contributed by atoms with Crippen LogP contribution >= 0.6 is 0 Å². The fourth-order valence-electron chi connectivity index (χ4n) is 3.88. The Labute approximate surface area is 183 Å². The number of phenols is 2. The van der Waals surface area contributed by atoms with Gasteiger partial charge in [-0.2, -0.15) is 8.42 Å². The molecule has 160 valence electrons. The van der Waals surface area contributed by atoms with Crippen LogP contribution in [0.4, 0.5) is 0 Å². The Morgan fingerprint density at radius 3 is 2.28 bits per heavy atom. The molecule has 0 amide bonds. The van der Waals surface area contributed by atoms with Crippen molar-refractivity contribution in [3.8, 4) is 34.0 Å². The lowest BCUT2D eigenvalue weighted by molar-refractivity contribution is 0.477. The maximum atomic E-state index is 11.9. The number of hydrogen-bond donors (Lipinski definition) is 4. The van der Waals surface area contributed by atoms with Gasteiger partial charge in [0.25, 0.3) is 10.1 Å². The summed E-state index contributed by atoms with van der Waals surface area (Å²) in [7, 11) is -4.55. The number of nitrogens with zero attached hydrogens (tertiary/aromatic N) is 1. The van der Waals surface area contributed by atoms with E-state index in [1.54, 1.807) is 12.1 Å². The lowest BCUT2D eigenvalue weighted by Gasteiger charge is -2.06. The summed E-state index contributed by atoms with van der Waals surface area (Å²) < 4.78 is 33.5. The van der Waals surface area contributed by atoms with E-state index in [2.05, 4.69) is 9.97 Å². The molecule has 0 saturated carbocycles. The summed E-state index contributed by atoms with van der Waals surface area (Å²) in [4.78, 5) is 7.17. The average Bonchev–Trinajstić information content (AvgIpc) is 3.16. The molecule has 5 aromatic rings. The highest BCUT2D eigenvalue weighted by Gasteiger charge is 2.21. The van der Waals surface area contributed by atoms with E-state index in [4.69, 9.17) is 0 Å². The molecule has 0 aliphatic carbocycles. The maximum Gasteiger partial charge on any atom is 0.295 e. The van der Waals surface area contributed by atoms with Gasteiger partial charge in [-0.05, 0) is 42.3 Å². The third kappa shape index (κ3) is 3.26. The number of H-pyrrole nitrogens is 1. The third-order valence-electron chi connectivity index (χ3n) is 5.47. The van der Waals surface area contributed by atoms with Gasteiger partial charge in [0.2, 0.25) is 0 Å². The molecule has 32 heavy (non-hydrogen) atoms. The molecule has 5 rings (SSSR count). The highest BCUT2D eigenvalue weighted by Crippen LogP contribution is 2.38. The molecule has 0 aliphatic rings. The summed E-state index contributed by atoms with van der Waals surface area (Å²) in [5.41, 5.74) is 3.95. The summed E-state index contributed by atoms with van der Waals surface area (Å²) in [5.74, 6) is 0.116. The van der Waals surface area contributed by atoms with Gasteiger partial charge >= 0.3 is 0 Å². The quantitative estimate of drug-likeness (QED) is 0.289. The predicted molar refractivity (Wildman–Crippen MR) is 122 cm³/mol. The average molecular weight is 446 g/mol. The fourth-order valence-corrected chi connectivity index (χ4v) is 4.60. The molecule has 0 radical (unpaired) electrons. The molecule has 0 aliphatic heterocycles. The summed E-state index contributed by atoms with van der Waals surface area (Å²) in [6.45, 7) is 2.00. The monoisotopic (exact) mass is 446 g/mol. The van der Waals surface area contributed by atoms with E-state index in [1.165, 1.54) is 24.3 Å². The van der Waals surface area contributed by atoms with Crippen molar-refractivity contribution in [3.05, 3.63) is 72.3 Å². The Hall–Kier alpha value is -3.88. The topological polar surface area (TPSA) is 124 Å². The third-order valence-corrected chi connectivity index (χ3v) is 6.36. The standard InChI is InChI=1S/C24H18N2O5S/c1-13-5-7-14(8-6-13)15-9-10-16(20(28)11-15)24-25-18-12-21(32(29,30)31)17-3-2-4-19(27)22(17)23(18)26-24/h2-12,27-28H,1H3,(H,25,26)(H,29,30,31). The second kappa shape index (κ2) is 7.08. The molecule has 0 bridgehead atoms. The largest absolute Gasteiger partial charge is 0.507 e. The second-order valence-corrected chi connectivity index (χ2v) is 9.02. The Morgan fingerprint density at radius 1 is 0.875 bits per heavy atom. The van der Waals surface area contributed by atoms with Crippen molar-refractivity contribution in [1.29, 1.82) is 0 Å². The molecule has 7 nitrogen and oxygen atoms in total. The summed E-state index contributed by atoms with van der Waals surface area (Å²) in [6.07, 6.45) is 0. The van der Waals surface area contributed by atoms with E-state index in [0.29, 0.717) is 22.4 Å². The van der Waals surface area contributed by atoms with E-state index in [9.17, 15) is 23.2 Å². The number of aromatic nitrogens is 2. The molecule has 0 saturated heterocycles.